The van der Waals surface area contributed by atoms with Gasteiger partial charge in [0.2, 0.25) is 5.91 Å². The highest BCUT2D eigenvalue weighted by molar-refractivity contribution is 5.93. The summed E-state index contributed by atoms with van der Waals surface area (Å²) in [6, 6.07) is 3.40. The molecule has 5 nitrogen and oxygen atoms in total. The molecule has 1 heterocycles. The van der Waals surface area contributed by atoms with Gasteiger partial charge in [-0.05, 0) is 17.5 Å². The van der Waals surface area contributed by atoms with Crippen LogP contribution in [-0.2, 0) is 4.79 Å². The van der Waals surface area contributed by atoms with Crippen LogP contribution in [0.15, 0.2) is 24.5 Å². The van der Waals surface area contributed by atoms with Crippen LogP contribution in [0.5, 0.6) is 0 Å². The molecule has 0 aliphatic rings. The molecule has 104 valence electrons. The number of nitrogens with zero attached hydrogens (tertiary/aromatic N) is 1. The third-order valence-corrected chi connectivity index (χ3v) is 2.35. The summed E-state index contributed by atoms with van der Waals surface area (Å²) < 4.78 is 0. The molecule has 2 amide bonds. The first-order chi connectivity index (χ1) is 8.88. The zero-order chi connectivity index (χ0) is 14.3. The van der Waals surface area contributed by atoms with Crippen molar-refractivity contribution >= 4 is 11.8 Å². The smallest absolute Gasteiger partial charge is 0.252 e. The molecular formula is C14H21N3O2. The van der Waals surface area contributed by atoms with Gasteiger partial charge < -0.3 is 10.6 Å². The van der Waals surface area contributed by atoms with Gasteiger partial charge in [0, 0.05) is 31.9 Å². The fourth-order valence-corrected chi connectivity index (χ4v) is 1.52. The van der Waals surface area contributed by atoms with E-state index in [4.69, 9.17) is 0 Å². The molecule has 0 bridgehead atoms. The second-order valence-electron chi connectivity index (χ2n) is 5.58. The fourth-order valence-electron chi connectivity index (χ4n) is 1.52. The van der Waals surface area contributed by atoms with Gasteiger partial charge >= 0.3 is 0 Å². The van der Waals surface area contributed by atoms with E-state index in [1.54, 1.807) is 18.3 Å². The number of nitrogens with one attached hydrogen (secondary N) is 2. The maximum Gasteiger partial charge on any atom is 0.252 e. The molecule has 2 N–H and O–H groups in total. The molecule has 0 fully saturated rings. The fraction of sp³-hybridized carbons (Fsp3) is 0.500. The summed E-state index contributed by atoms with van der Waals surface area (Å²) in [5.74, 6) is -0.179. The minimum atomic E-state index is -0.182. The summed E-state index contributed by atoms with van der Waals surface area (Å²) in [5.41, 5.74) is 0.492. The lowest BCUT2D eigenvalue weighted by molar-refractivity contribution is -0.122. The Balaban J connectivity index is 2.21. The first kappa shape index (κ1) is 15.1. The van der Waals surface area contributed by atoms with Crippen molar-refractivity contribution in [2.24, 2.45) is 5.41 Å². The van der Waals surface area contributed by atoms with E-state index in [1.807, 2.05) is 20.8 Å². The molecule has 1 rings (SSSR count). The van der Waals surface area contributed by atoms with Crippen molar-refractivity contribution in [2.45, 2.75) is 27.2 Å². The Morgan fingerprint density at radius 3 is 2.47 bits per heavy atom. The number of carbonyl (C=O) groups is 2. The van der Waals surface area contributed by atoms with Crippen molar-refractivity contribution in [3.05, 3.63) is 30.1 Å². The average Bonchev–Trinajstić information content (AvgIpc) is 2.33. The van der Waals surface area contributed by atoms with Crippen LogP contribution in [0.3, 0.4) is 0 Å². The SMILES string of the molecule is CC(C)(C)CC(=O)NCCNC(=O)c1cccnc1. The monoisotopic (exact) mass is 263 g/mol. The van der Waals surface area contributed by atoms with Crippen molar-refractivity contribution in [1.29, 1.82) is 0 Å². The van der Waals surface area contributed by atoms with Crippen molar-refractivity contribution in [3.63, 3.8) is 0 Å². The van der Waals surface area contributed by atoms with Gasteiger partial charge in [0.25, 0.3) is 5.91 Å². The van der Waals surface area contributed by atoms with Crippen LogP contribution in [0.4, 0.5) is 0 Å². The molecule has 0 atom stereocenters. The van der Waals surface area contributed by atoms with Crippen LogP contribution in [0.2, 0.25) is 0 Å². The summed E-state index contributed by atoms with van der Waals surface area (Å²) in [6.07, 6.45) is 3.60. The molecule has 5 heteroatoms. The topological polar surface area (TPSA) is 71.1 Å². The van der Waals surface area contributed by atoms with Gasteiger partial charge in [0.05, 0.1) is 5.56 Å². The first-order valence-corrected chi connectivity index (χ1v) is 6.33. The minimum absolute atomic E-state index is 0.00290. The molecule has 0 spiro atoms. The number of pyridine rings is 1. The molecule has 0 aliphatic carbocycles. The molecule has 0 unspecified atom stereocenters. The first-order valence-electron chi connectivity index (χ1n) is 6.33. The van der Waals surface area contributed by atoms with Gasteiger partial charge in [-0.25, -0.2) is 0 Å². The second-order valence-corrected chi connectivity index (χ2v) is 5.58. The Morgan fingerprint density at radius 2 is 1.89 bits per heavy atom. The molecule has 0 radical (unpaired) electrons. The van der Waals surface area contributed by atoms with Crippen molar-refractivity contribution in [2.75, 3.05) is 13.1 Å². The normalized spacial score (nSPS) is 10.9. The van der Waals surface area contributed by atoms with Crippen LogP contribution >= 0.6 is 0 Å². The molecule has 0 aromatic carbocycles. The maximum absolute atomic E-state index is 11.7. The predicted octanol–water partition coefficient (Wildman–Crippen LogP) is 1.36. The summed E-state index contributed by atoms with van der Waals surface area (Å²) in [7, 11) is 0. The van der Waals surface area contributed by atoms with E-state index < -0.39 is 0 Å². The molecular weight excluding hydrogens is 242 g/mol. The molecule has 0 aliphatic heterocycles. The van der Waals surface area contributed by atoms with Crippen LogP contribution in [-0.4, -0.2) is 29.9 Å². The highest BCUT2D eigenvalue weighted by atomic mass is 16.2. The lowest BCUT2D eigenvalue weighted by Gasteiger charge is -2.17. The largest absolute Gasteiger partial charge is 0.354 e. The van der Waals surface area contributed by atoms with Gasteiger partial charge in [-0.15, -0.1) is 0 Å². The average molecular weight is 263 g/mol. The summed E-state index contributed by atoms with van der Waals surface area (Å²) in [4.78, 5) is 27.1. The van der Waals surface area contributed by atoms with E-state index in [0.29, 0.717) is 25.1 Å². The van der Waals surface area contributed by atoms with E-state index in [1.165, 1.54) is 6.20 Å². The lowest BCUT2D eigenvalue weighted by atomic mass is 9.92. The highest BCUT2D eigenvalue weighted by Gasteiger charge is 2.15. The van der Waals surface area contributed by atoms with Gasteiger partial charge in [-0.2, -0.15) is 0 Å². The highest BCUT2D eigenvalue weighted by Crippen LogP contribution is 2.17. The van der Waals surface area contributed by atoms with E-state index in [0.717, 1.165) is 0 Å². The molecule has 1 aromatic heterocycles. The Labute approximate surface area is 113 Å². The predicted molar refractivity (Wildman–Crippen MR) is 73.7 cm³/mol. The summed E-state index contributed by atoms with van der Waals surface area (Å²) in [6.45, 7) is 6.87. The standard InChI is InChI=1S/C14H21N3O2/c1-14(2,3)9-12(18)16-7-8-17-13(19)11-5-4-6-15-10-11/h4-6,10H,7-9H2,1-3H3,(H,16,18)(H,17,19). The van der Waals surface area contributed by atoms with Crippen molar-refractivity contribution < 1.29 is 9.59 Å². The Morgan fingerprint density at radius 1 is 1.21 bits per heavy atom. The Hall–Kier alpha value is -1.91. The van der Waals surface area contributed by atoms with Gasteiger partial charge in [-0.1, -0.05) is 20.8 Å². The third-order valence-electron chi connectivity index (χ3n) is 2.35. The number of rotatable bonds is 5. The summed E-state index contributed by atoms with van der Waals surface area (Å²) >= 11 is 0. The quantitative estimate of drug-likeness (QED) is 0.788. The van der Waals surface area contributed by atoms with E-state index in [9.17, 15) is 9.59 Å². The van der Waals surface area contributed by atoms with Gasteiger partial charge in [0.15, 0.2) is 0 Å². The number of amides is 2. The zero-order valence-corrected chi connectivity index (χ0v) is 11.7. The lowest BCUT2D eigenvalue weighted by Crippen LogP contribution is -2.35. The minimum Gasteiger partial charge on any atom is -0.354 e. The van der Waals surface area contributed by atoms with E-state index >= 15 is 0 Å². The maximum atomic E-state index is 11.7. The number of hydrogen-bond donors (Lipinski definition) is 2. The van der Waals surface area contributed by atoms with Crippen LogP contribution in [0.1, 0.15) is 37.6 Å². The molecule has 19 heavy (non-hydrogen) atoms. The van der Waals surface area contributed by atoms with Crippen LogP contribution in [0.25, 0.3) is 0 Å². The van der Waals surface area contributed by atoms with Crippen LogP contribution < -0.4 is 10.6 Å². The molecule has 0 saturated carbocycles. The van der Waals surface area contributed by atoms with Crippen LogP contribution in [0, 0.1) is 5.41 Å². The van der Waals surface area contributed by atoms with Gasteiger partial charge in [-0.3, -0.25) is 14.6 Å². The Kier molecular flexibility index (Phi) is 5.48. The summed E-state index contributed by atoms with van der Waals surface area (Å²) in [5, 5.41) is 5.50. The Bertz CT molecular complexity index is 424. The number of aromatic nitrogens is 1. The molecule has 0 saturated heterocycles. The zero-order valence-electron chi connectivity index (χ0n) is 11.7. The number of carbonyl (C=O) groups excluding carboxylic acids is 2. The second kappa shape index (κ2) is 6.87. The van der Waals surface area contributed by atoms with Gasteiger partial charge in [0.1, 0.15) is 0 Å². The van der Waals surface area contributed by atoms with Crippen molar-refractivity contribution in [1.82, 2.24) is 15.6 Å². The number of hydrogen-bond acceptors (Lipinski definition) is 3. The van der Waals surface area contributed by atoms with E-state index in [2.05, 4.69) is 15.6 Å². The van der Waals surface area contributed by atoms with E-state index in [-0.39, 0.29) is 17.2 Å². The third kappa shape index (κ3) is 6.55. The van der Waals surface area contributed by atoms with Crippen molar-refractivity contribution in [3.8, 4) is 0 Å². The molecule has 1 aromatic rings.